The van der Waals surface area contributed by atoms with Crippen LogP contribution in [-0.4, -0.2) is 41.6 Å². The van der Waals surface area contributed by atoms with Crippen LogP contribution in [-0.2, 0) is 10.5 Å². The predicted octanol–water partition coefficient (Wildman–Crippen LogP) is 4.28. The first-order valence-corrected chi connectivity index (χ1v) is 10.9. The maximum absolute atomic E-state index is 13.0. The number of nitrogens with zero attached hydrogens (tertiary/aromatic N) is 3. The van der Waals surface area contributed by atoms with E-state index < -0.39 is 0 Å². The van der Waals surface area contributed by atoms with Crippen LogP contribution >= 0.6 is 23.1 Å². The first-order chi connectivity index (χ1) is 13.2. The van der Waals surface area contributed by atoms with Gasteiger partial charge in [0.1, 0.15) is 4.34 Å². The van der Waals surface area contributed by atoms with E-state index in [4.69, 9.17) is 10.00 Å². The molecule has 1 amide bonds. The molecule has 0 aliphatic carbocycles. The van der Waals surface area contributed by atoms with Gasteiger partial charge >= 0.3 is 0 Å². The number of benzene rings is 1. The molecule has 7 heteroatoms. The second-order valence-electron chi connectivity index (χ2n) is 6.49. The molecule has 0 spiro atoms. The minimum atomic E-state index is 0.00639. The highest BCUT2D eigenvalue weighted by Crippen LogP contribution is 2.26. The Balaban J connectivity index is 1.64. The summed E-state index contributed by atoms with van der Waals surface area (Å²) >= 11 is 3.37. The Hall–Kier alpha value is -1.88. The number of ether oxygens (including phenoxy) is 1. The Morgan fingerprint density at radius 1 is 1.37 bits per heavy atom. The summed E-state index contributed by atoms with van der Waals surface area (Å²) < 4.78 is 6.48. The molecule has 1 aromatic carbocycles. The lowest BCUT2D eigenvalue weighted by molar-refractivity contribution is 0.0296. The Morgan fingerprint density at radius 2 is 2.11 bits per heavy atom. The molecule has 1 aliphatic rings. The Kier molecular flexibility index (Phi) is 7.27. The fourth-order valence-electron chi connectivity index (χ4n) is 3.07. The molecular formula is C20H23N3O2S2. The fraction of sp³-hybridized carbons (Fsp3) is 0.450. The SMILES string of the molecule is Cc1csc(SCc2ccc(C(=O)N(CCC#N)C3CCOCC3)cc2)n1. The Bertz CT molecular complexity index is 792. The number of aromatic nitrogens is 1. The zero-order valence-electron chi connectivity index (χ0n) is 15.4. The number of thiazole rings is 1. The second kappa shape index (κ2) is 9.88. The van der Waals surface area contributed by atoms with Gasteiger partial charge in [-0.3, -0.25) is 4.79 Å². The molecule has 3 rings (SSSR count). The van der Waals surface area contributed by atoms with Crippen LogP contribution in [0.15, 0.2) is 34.0 Å². The van der Waals surface area contributed by atoms with Crippen molar-refractivity contribution in [2.24, 2.45) is 0 Å². The van der Waals surface area contributed by atoms with Crippen LogP contribution in [0.5, 0.6) is 0 Å². The lowest BCUT2D eigenvalue weighted by Crippen LogP contribution is -2.43. The van der Waals surface area contributed by atoms with Gasteiger partial charge in [-0.2, -0.15) is 5.26 Å². The summed E-state index contributed by atoms with van der Waals surface area (Å²) in [6.07, 6.45) is 2.02. The number of carbonyl (C=O) groups excluding carboxylic acids is 1. The molecule has 1 aromatic heterocycles. The highest BCUT2D eigenvalue weighted by atomic mass is 32.2. The summed E-state index contributed by atoms with van der Waals surface area (Å²) in [4.78, 5) is 19.3. The van der Waals surface area contributed by atoms with Crippen LogP contribution in [0.3, 0.4) is 0 Å². The van der Waals surface area contributed by atoms with Crippen LogP contribution in [0.2, 0.25) is 0 Å². The Labute approximate surface area is 168 Å². The highest BCUT2D eigenvalue weighted by Gasteiger charge is 2.26. The number of thioether (sulfide) groups is 1. The van der Waals surface area contributed by atoms with Gasteiger partial charge < -0.3 is 9.64 Å². The minimum Gasteiger partial charge on any atom is -0.381 e. The minimum absolute atomic E-state index is 0.00639. The number of rotatable bonds is 7. The normalized spacial score (nSPS) is 14.7. The number of nitriles is 1. The summed E-state index contributed by atoms with van der Waals surface area (Å²) in [5.41, 5.74) is 2.89. The van der Waals surface area contributed by atoms with Gasteiger partial charge in [-0.15, -0.1) is 11.3 Å². The van der Waals surface area contributed by atoms with Gasteiger partial charge in [-0.1, -0.05) is 23.9 Å². The smallest absolute Gasteiger partial charge is 0.254 e. The summed E-state index contributed by atoms with van der Waals surface area (Å²) in [5, 5.41) is 11.0. The van der Waals surface area contributed by atoms with E-state index in [1.807, 2.05) is 36.1 Å². The molecule has 27 heavy (non-hydrogen) atoms. The maximum atomic E-state index is 13.0. The first-order valence-electron chi connectivity index (χ1n) is 9.07. The van der Waals surface area contributed by atoms with Gasteiger partial charge in [0.15, 0.2) is 0 Å². The first kappa shape index (κ1) is 19.9. The van der Waals surface area contributed by atoms with Gasteiger partial charge in [0.05, 0.1) is 12.5 Å². The molecular weight excluding hydrogens is 378 g/mol. The Morgan fingerprint density at radius 3 is 2.74 bits per heavy atom. The van der Waals surface area contributed by atoms with Gasteiger partial charge in [0, 0.05) is 48.2 Å². The van der Waals surface area contributed by atoms with Crippen molar-refractivity contribution >= 4 is 29.0 Å². The van der Waals surface area contributed by atoms with E-state index in [0.29, 0.717) is 31.7 Å². The number of hydrogen-bond acceptors (Lipinski definition) is 6. The molecule has 0 radical (unpaired) electrons. The quantitative estimate of drug-likeness (QED) is 0.648. The molecule has 0 unspecified atom stereocenters. The molecule has 2 heterocycles. The molecule has 2 aromatic rings. The highest BCUT2D eigenvalue weighted by molar-refractivity contribution is 8.00. The van der Waals surface area contributed by atoms with Crippen molar-refractivity contribution in [3.63, 3.8) is 0 Å². The van der Waals surface area contributed by atoms with E-state index in [1.54, 1.807) is 23.1 Å². The number of carbonyl (C=O) groups is 1. The largest absolute Gasteiger partial charge is 0.381 e. The average Bonchev–Trinajstić information content (AvgIpc) is 3.13. The van der Waals surface area contributed by atoms with Crippen molar-refractivity contribution in [1.29, 1.82) is 5.26 Å². The molecule has 1 fully saturated rings. The number of amides is 1. The van der Waals surface area contributed by atoms with Gasteiger partial charge in [-0.25, -0.2) is 4.98 Å². The summed E-state index contributed by atoms with van der Waals surface area (Å²) in [6.45, 7) is 3.82. The van der Waals surface area contributed by atoms with E-state index in [0.717, 1.165) is 28.6 Å². The van der Waals surface area contributed by atoms with Crippen LogP contribution in [0.4, 0.5) is 0 Å². The molecule has 0 atom stereocenters. The van der Waals surface area contributed by atoms with E-state index in [1.165, 1.54) is 5.56 Å². The number of hydrogen-bond donors (Lipinski definition) is 0. The number of aryl methyl sites for hydroxylation is 1. The topological polar surface area (TPSA) is 66.2 Å². The summed E-state index contributed by atoms with van der Waals surface area (Å²) in [6, 6.07) is 10.1. The average molecular weight is 402 g/mol. The summed E-state index contributed by atoms with van der Waals surface area (Å²) in [5.74, 6) is 0.839. The van der Waals surface area contributed by atoms with Crippen molar-refractivity contribution in [2.75, 3.05) is 19.8 Å². The third-order valence-electron chi connectivity index (χ3n) is 4.52. The zero-order chi connectivity index (χ0) is 19.1. The molecule has 5 nitrogen and oxygen atoms in total. The molecule has 1 aliphatic heterocycles. The fourth-order valence-corrected chi connectivity index (χ4v) is 4.88. The van der Waals surface area contributed by atoms with Crippen LogP contribution < -0.4 is 0 Å². The lowest BCUT2D eigenvalue weighted by Gasteiger charge is -2.34. The van der Waals surface area contributed by atoms with Crippen molar-refractivity contribution in [1.82, 2.24) is 9.88 Å². The van der Waals surface area contributed by atoms with Crippen molar-refractivity contribution in [3.8, 4) is 6.07 Å². The van der Waals surface area contributed by atoms with E-state index in [9.17, 15) is 4.79 Å². The van der Waals surface area contributed by atoms with Gasteiger partial charge in [0.2, 0.25) is 0 Å². The zero-order valence-corrected chi connectivity index (χ0v) is 17.0. The predicted molar refractivity (Wildman–Crippen MR) is 108 cm³/mol. The molecule has 0 saturated carbocycles. The van der Waals surface area contributed by atoms with Crippen molar-refractivity contribution in [2.45, 2.75) is 42.3 Å². The van der Waals surface area contributed by atoms with E-state index >= 15 is 0 Å². The third-order valence-corrected chi connectivity index (χ3v) is 6.73. The molecule has 0 N–H and O–H groups in total. The van der Waals surface area contributed by atoms with Crippen molar-refractivity contribution in [3.05, 3.63) is 46.5 Å². The lowest BCUT2D eigenvalue weighted by atomic mass is 10.0. The van der Waals surface area contributed by atoms with Gasteiger partial charge in [0.25, 0.3) is 5.91 Å². The molecule has 0 bridgehead atoms. The standard InChI is InChI=1S/C20H23N3O2S2/c1-15-13-26-20(22-15)27-14-16-3-5-17(6-4-16)19(24)23(10-2-9-21)18-7-11-25-12-8-18/h3-6,13,18H,2,7-8,10-12,14H2,1H3. The second-order valence-corrected chi connectivity index (χ2v) is 8.57. The van der Waals surface area contributed by atoms with Crippen LogP contribution in [0, 0.1) is 18.3 Å². The third kappa shape index (κ3) is 5.55. The van der Waals surface area contributed by atoms with E-state index in [-0.39, 0.29) is 11.9 Å². The molecule has 1 saturated heterocycles. The van der Waals surface area contributed by atoms with E-state index in [2.05, 4.69) is 16.4 Å². The van der Waals surface area contributed by atoms with Crippen molar-refractivity contribution < 1.29 is 9.53 Å². The van der Waals surface area contributed by atoms with Gasteiger partial charge in [-0.05, 0) is 37.5 Å². The maximum Gasteiger partial charge on any atom is 0.254 e. The summed E-state index contributed by atoms with van der Waals surface area (Å²) in [7, 11) is 0. The van der Waals surface area contributed by atoms with Crippen LogP contribution in [0.1, 0.15) is 40.9 Å². The molecule has 142 valence electrons. The van der Waals surface area contributed by atoms with Crippen LogP contribution in [0.25, 0.3) is 0 Å². The monoisotopic (exact) mass is 401 g/mol.